The maximum absolute atomic E-state index is 12.3. The van der Waals surface area contributed by atoms with Crippen molar-refractivity contribution in [3.05, 3.63) is 0 Å². The lowest BCUT2D eigenvalue weighted by Crippen LogP contribution is -2.59. The first-order valence-corrected chi connectivity index (χ1v) is 6.22. The van der Waals surface area contributed by atoms with E-state index >= 15 is 0 Å². The number of carbonyl (C=O) groups excluding carboxylic acids is 1. The van der Waals surface area contributed by atoms with Crippen LogP contribution in [0.3, 0.4) is 0 Å². The molecule has 2 saturated heterocycles. The second-order valence-corrected chi connectivity index (χ2v) is 5.03. The Balaban J connectivity index is 2.15. The van der Waals surface area contributed by atoms with E-state index in [1.165, 1.54) is 4.90 Å². The summed E-state index contributed by atoms with van der Waals surface area (Å²) < 4.78 is 5.36. The van der Waals surface area contributed by atoms with Gasteiger partial charge in [-0.15, -0.1) is 0 Å². The molecule has 2 fully saturated rings. The Kier molecular flexibility index (Phi) is 3.38. The Morgan fingerprint density at radius 1 is 1.35 bits per heavy atom. The molecule has 0 saturated carbocycles. The van der Waals surface area contributed by atoms with E-state index in [0.29, 0.717) is 26.0 Å². The van der Waals surface area contributed by atoms with E-state index in [2.05, 4.69) is 0 Å². The van der Waals surface area contributed by atoms with Gasteiger partial charge in [0.1, 0.15) is 11.6 Å². The van der Waals surface area contributed by atoms with E-state index in [1.807, 2.05) is 0 Å². The van der Waals surface area contributed by atoms with Gasteiger partial charge in [0.15, 0.2) is 0 Å². The second-order valence-electron chi connectivity index (χ2n) is 5.03. The van der Waals surface area contributed by atoms with Crippen molar-refractivity contribution in [3.8, 4) is 0 Å². The predicted octanol–water partition coefficient (Wildman–Crippen LogP) is 1.02. The van der Waals surface area contributed by atoms with Crippen LogP contribution in [0.15, 0.2) is 0 Å². The molecular weight excluding hydrogens is 222 g/mol. The van der Waals surface area contributed by atoms with Crippen LogP contribution in [0.2, 0.25) is 0 Å². The molecule has 2 rings (SSSR count). The van der Waals surface area contributed by atoms with Crippen LogP contribution in [-0.2, 0) is 14.3 Å². The molecule has 17 heavy (non-hydrogen) atoms. The zero-order valence-corrected chi connectivity index (χ0v) is 10.1. The summed E-state index contributed by atoms with van der Waals surface area (Å²) in [4.78, 5) is 25.1. The molecule has 96 valence electrons. The third-order valence-corrected chi connectivity index (χ3v) is 3.82. The zero-order chi connectivity index (χ0) is 12.5. The standard InChI is InChI=1S/C12H19NO4/c1-12(11(15)16)6-2-3-7-13(12)10(14)9-5-4-8-17-9/h9H,2-8H2,1H3,(H,15,16). The van der Waals surface area contributed by atoms with Crippen LogP contribution in [0.25, 0.3) is 0 Å². The molecule has 0 aromatic carbocycles. The van der Waals surface area contributed by atoms with Crippen molar-refractivity contribution in [2.45, 2.75) is 50.7 Å². The number of likely N-dealkylation sites (tertiary alicyclic amines) is 1. The minimum atomic E-state index is -1.05. The quantitative estimate of drug-likeness (QED) is 0.784. The van der Waals surface area contributed by atoms with Crippen molar-refractivity contribution < 1.29 is 19.4 Å². The van der Waals surface area contributed by atoms with Crippen LogP contribution in [0.5, 0.6) is 0 Å². The third kappa shape index (κ3) is 2.16. The maximum Gasteiger partial charge on any atom is 0.329 e. The summed E-state index contributed by atoms with van der Waals surface area (Å²) in [5.74, 6) is -1.06. The van der Waals surface area contributed by atoms with Gasteiger partial charge in [0.25, 0.3) is 5.91 Å². The summed E-state index contributed by atoms with van der Waals surface area (Å²) in [6.45, 7) is 2.77. The van der Waals surface area contributed by atoms with E-state index < -0.39 is 17.6 Å². The molecule has 5 nitrogen and oxygen atoms in total. The summed E-state index contributed by atoms with van der Waals surface area (Å²) in [5, 5.41) is 9.32. The molecule has 0 bridgehead atoms. The molecule has 5 heteroatoms. The number of piperidine rings is 1. The third-order valence-electron chi connectivity index (χ3n) is 3.82. The number of hydrogen-bond acceptors (Lipinski definition) is 3. The lowest BCUT2D eigenvalue weighted by molar-refractivity contribution is -0.165. The number of nitrogens with zero attached hydrogens (tertiary/aromatic N) is 1. The fourth-order valence-electron chi connectivity index (χ4n) is 2.64. The fourth-order valence-corrected chi connectivity index (χ4v) is 2.64. The van der Waals surface area contributed by atoms with Gasteiger partial charge in [0.05, 0.1) is 0 Å². The summed E-state index contributed by atoms with van der Waals surface area (Å²) >= 11 is 0. The van der Waals surface area contributed by atoms with Gasteiger partial charge in [-0.3, -0.25) is 4.79 Å². The number of rotatable bonds is 2. The van der Waals surface area contributed by atoms with Crippen molar-refractivity contribution in [2.75, 3.05) is 13.2 Å². The van der Waals surface area contributed by atoms with Crippen molar-refractivity contribution in [1.82, 2.24) is 4.90 Å². The van der Waals surface area contributed by atoms with Gasteiger partial charge in [0, 0.05) is 13.2 Å². The number of aliphatic carboxylic acids is 1. The molecule has 2 unspecified atom stereocenters. The maximum atomic E-state index is 12.3. The largest absolute Gasteiger partial charge is 0.480 e. The number of hydrogen-bond donors (Lipinski definition) is 1. The summed E-state index contributed by atoms with van der Waals surface area (Å²) in [6.07, 6.45) is 3.44. The van der Waals surface area contributed by atoms with Crippen LogP contribution in [0.4, 0.5) is 0 Å². The Morgan fingerprint density at radius 2 is 2.12 bits per heavy atom. The van der Waals surface area contributed by atoms with E-state index in [4.69, 9.17) is 4.74 Å². The van der Waals surface area contributed by atoms with Crippen LogP contribution < -0.4 is 0 Å². The monoisotopic (exact) mass is 241 g/mol. The molecular formula is C12H19NO4. The summed E-state index contributed by atoms with van der Waals surface area (Å²) in [5.41, 5.74) is -1.05. The molecule has 2 aliphatic rings. The minimum Gasteiger partial charge on any atom is -0.480 e. The van der Waals surface area contributed by atoms with Gasteiger partial charge in [-0.2, -0.15) is 0 Å². The highest BCUT2D eigenvalue weighted by Crippen LogP contribution is 2.30. The lowest BCUT2D eigenvalue weighted by Gasteiger charge is -2.42. The van der Waals surface area contributed by atoms with Crippen LogP contribution in [0.1, 0.15) is 39.0 Å². The molecule has 0 aliphatic carbocycles. The normalized spacial score (nSPS) is 33.7. The number of ether oxygens (including phenoxy) is 1. The van der Waals surface area contributed by atoms with Gasteiger partial charge in [-0.1, -0.05) is 0 Å². The number of carboxylic acids is 1. The first-order chi connectivity index (χ1) is 8.05. The summed E-state index contributed by atoms with van der Waals surface area (Å²) in [6, 6.07) is 0. The van der Waals surface area contributed by atoms with Crippen LogP contribution in [0, 0.1) is 0 Å². The Labute approximate surface area is 101 Å². The van der Waals surface area contributed by atoms with E-state index in [9.17, 15) is 14.7 Å². The fraction of sp³-hybridized carbons (Fsp3) is 0.833. The van der Waals surface area contributed by atoms with Gasteiger partial charge >= 0.3 is 5.97 Å². The van der Waals surface area contributed by atoms with Gasteiger partial charge in [-0.05, 0) is 39.0 Å². The highest BCUT2D eigenvalue weighted by Gasteiger charge is 2.46. The topological polar surface area (TPSA) is 66.8 Å². The van der Waals surface area contributed by atoms with Crippen molar-refractivity contribution >= 4 is 11.9 Å². The summed E-state index contributed by atoms with van der Waals surface area (Å²) in [7, 11) is 0. The van der Waals surface area contributed by atoms with E-state index in [0.717, 1.165) is 19.3 Å². The molecule has 0 radical (unpaired) electrons. The lowest BCUT2D eigenvalue weighted by atomic mass is 9.88. The minimum absolute atomic E-state index is 0.146. The Morgan fingerprint density at radius 3 is 2.71 bits per heavy atom. The van der Waals surface area contributed by atoms with E-state index in [-0.39, 0.29) is 5.91 Å². The number of carboxylic acid groups (broad SMARTS) is 1. The average molecular weight is 241 g/mol. The zero-order valence-electron chi connectivity index (χ0n) is 10.1. The molecule has 1 N–H and O–H groups in total. The smallest absolute Gasteiger partial charge is 0.329 e. The van der Waals surface area contributed by atoms with Crippen molar-refractivity contribution in [3.63, 3.8) is 0 Å². The van der Waals surface area contributed by atoms with Crippen LogP contribution >= 0.6 is 0 Å². The molecule has 0 aromatic heterocycles. The average Bonchev–Trinajstić information content (AvgIpc) is 2.82. The first kappa shape index (κ1) is 12.4. The molecule has 2 aliphatic heterocycles. The molecule has 2 atom stereocenters. The first-order valence-electron chi connectivity index (χ1n) is 6.22. The predicted molar refractivity (Wildman–Crippen MR) is 60.6 cm³/mol. The van der Waals surface area contributed by atoms with Crippen molar-refractivity contribution in [2.24, 2.45) is 0 Å². The Bertz CT molecular complexity index is 324. The van der Waals surface area contributed by atoms with Gasteiger partial charge < -0.3 is 14.7 Å². The van der Waals surface area contributed by atoms with Crippen molar-refractivity contribution in [1.29, 1.82) is 0 Å². The highest BCUT2D eigenvalue weighted by atomic mass is 16.5. The van der Waals surface area contributed by atoms with Crippen LogP contribution in [-0.4, -0.2) is 46.7 Å². The number of carbonyl (C=O) groups is 2. The Hall–Kier alpha value is -1.10. The van der Waals surface area contributed by atoms with Gasteiger partial charge in [-0.25, -0.2) is 4.79 Å². The molecule has 2 heterocycles. The second kappa shape index (κ2) is 4.64. The highest BCUT2D eigenvalue weighted by molar-refractivity contribution is 5.89. The number of amides is 1. The molecule has 0 spiro atoms. The molecule has 1 amide bonds. The van der Waals surface area contributed by atoms with Gasteiger partial charge in [0.2, 0.25) is 0 Å². The molecule has 0 aromatic rings. The van der Waals surface area contributed by atoms with E-state index in [1.54, 1.807) is 6.92 Å². The SMILES string of the molecule is CC1(C(=O)O)CCCCN1C(=O)C1CCCO1.